The highest BCUT2D eigenvalue weighted by molar-refractivity contribution is 6.05. The number of halogens is 3. The summed E-state index contributed by atoms with van der Waals surface area (Å²) in [6.45, 7) is 0.828. The molecule has 2 heterocycles. The second kappa shape index (κ2) is 5.95. The van der Waals surface area contributed by atoms with E-state index in [0.717, 1.165) is 6.20 Å². The summed E-state index contributed by atoms with van der Waals surface area (Å²) < 4.78 is 42.4. The fourth-order valence-corrected chi connectivity index (χ4v) is 2.91. The molecule has 1 saturated heterocycles. The van der Waals surface area contributed by atoms with Crippen molar-refractivity contribution >= 4 is 11.5 Å². The molecule has 24 heavy (non-hydrogen) atoms. The highest BCUT2D eigenvalue weighted by Crippen LogP contribution is 2.43. The lowest BCUT2D eigenvalue weighted by molar-refractivity contribution is -0.187. The smallest absolute Gasteiger partial charge is 0.366 e. The molecular weight excluding hydrogens is 321 g/mol. The first-order valence-corrected chi connectivity index (χ1v) is 7.44. The van der Waals surface area contributed by atoms with Crippen LogP contribution in [0.2, 0.25) is 0 Å². The van der Waals surface area contributed by atoms with Crippen molar-refractivity contribution in [3.05, 3.63) is 53.7 Å². The Morgan fingerprint density at radius 3 is 2.42 bits per heavy atom. The zero-order valence-electron chi connectivity index (χ0n) is 12.7. The highest BCUT2D eigenvalue weighted by atomic mass is 19.4. The van der Waals surface area contributed by atoms with Gasteiger partial charge >= 0.3 is 6.18 Å². The number of carbonyl (C=O) groups excluding carboxylic acids is 1. The molecule has 1 amide bonds. The summed E-state index contributed by atoms with van der Waals surface area (Å²) in [6.07, 6.45) is -2.31. The minimum absolute atomic E-state index is 0.169. The van der Waals surface area contributed by atoms with E-state index in [2.05, 4.69) is 16.0 Å². The van der Waals surface area contributed by atoms with Crippen molar-refractivity contribution in [3.8, 4) is 0 Å². The number of dihydropyridines is 1. The normalized spacial score (nSPS) is 24.5. The lowest BCUT2D eigenvalue weighted by Gasteiger charge is -2.45. The summed E-state index contributed by atoms with van der Waals surface area (Å²) in [5, 5.41) is 7.95. The minimum atomic E-state index is -4.70. The van der Waals surface area contributed by atoms with Crippen molar-refractivity contribution in [1.82, 2.24) is 16.0 Å². The molecule has 5 nitrogen and oxygen atoms in total. The largest absolute Gasteiger partial charge is 0.429 e. The zero-order chi connectivity index (χ0) is 17.4. The van der Waals surface area contributed by atoms with Crippen LogP contribution in [0.3, 0.4) is 0 Å². The maximum absolute atomic E-state index is 14.1. The predicted molar refractivity (Wildman–Crippen MR) is 83.4 cm³/mol. The topological polar surface area (TPSA) is 79.2 Å². The number of amides is 1. The van der Waals surface area contributed by atoms with Crippen LogP contribution in [0.15, 0.2) is 48.2 Å². The maximum atomic E-state index is 14.1. The molecule has 3 rings (SSSR count). The SMILES string of the molecule is NC(=O)C1=C(c2ccccc2)C(NC2CNC2)(C(F)(F)F)NC=C1. The van der Waals surface area contributed by atoms with E-state index in [1.54, 1.807) is 18.2 Å². The van der Waals surface area contributed by atoms with Gasteiger partial charge in [0.1, 0.15) is 0 Å². The number of rotatable bonds is 4. The molecule has 1 atom stereocenters. The van der Waals surface area contributed by atoms with Crippen molar-refractivity contribution in [2.45, 2.75) is 17.9 Å². The number of hydrogen-bond donors (Lipinski definition) is 4. The summed E-state index contributed by atoms with van der Waals surface area (Å²) in [7, 11) is 0. The van der Waals surface area contributed by atoms with E-state index in [1.807, 2.05) is 0 Å². The third-order valence-electron chi connectivity index (χ3n) is 4.15. The van der Waals surface area contributed by atoms with Gasteiger partial charge in [0.15, 0.2) is 0 Å². The van der Waals surface area contributed by atoms with Crippen LogP contribution in [0.1, 0.15) is 5.56 Å². The van der Waals surface area contributed by atoms with Crippen molar-refractivity contribution in [2.24, 2.45) is 5.73 Å². The van der Waals surface area contributed by atoms with Gasteiger partial charge in [0, 0.05) is 30.3 Å². The quantitative estimate of drug-likeness (QED) is 0.657. The molecule has 0 spiro atoms. The van der Waals surface area contributed by atoms with Crippen LogP contribution in [-0.4, -0.2) is 36.9 Å². The van der Waals surface area contributed by atoms with E-state index in [1.165, 1.54) is 18.2 Å². The van der Waals surface area contributed by atoms with Crippen molar-refractivity contribution in [2.75, 3.05) is 13.1 Å². The van der Waals surface area contributed by atoms with Gasteiger partial charge in [-0.1, -0.05) is 30.3 Å². The molecule has 0 bridgehead atoms. The third kappa shape index (κ3) is 2.67. The van der Waals surface area contributed by atoms with Gasteiger partial charge in [0.05, 0.1) is 0 Å². The number of benzene rings is 1. The van der Waals surface area contributed by atoms with E-state index < -0.39 is 17.7 Å². The summed E-state index contributed by atoms with van der Waals surface area (Å²) in [6, 6.07) is 7.61. The monoisotopic (exact) mass is 338 g/mol. The Morgan fingerprint density at radius 2 is 1.92 bits per heavy atom. The fourth-order valence-electron chi connectivity index (χ4n) is 2.91. The van der Waals surface area contributed by atoms with Crippen molar-refractivity contribution < 1.29 is 18.0 Å². The predicted octanol–water partition coefficient (Wildman–Crippen LogP) is 0.862. The molecule has 1 aromatic rings. The highest BCUT2D eigenvalue weighted by Gasteiger charge is 2.60. The second-order valence-corrected chi connectivity index (χ2v) is 5.74. The number of primary amides is 1. The fraction of sp³-hybridized carbons (Fsp3) is 0.312. The van der Waals surface area contributed by atoms with Crippen LogP contribution < -0.4 is 21.7 Å². The Balaban J connectivity index is 2.21. The molecule has 5 N–H and O–H groups in total. The van der Waals surface area contributed by atoms with Crippen LogP contribution in [0.25, 0.3) is 5.57 Å². The number of nitrogens with one attached hydrogen (secondary N) is 3. The van der Waals surface area contributed by atoms with Crippen molar-refractivity contribution in [3.63, 3.8) is 0 Å². The molecule has 2 aliphatic rings. The molecule has 1 fully saturated rings. The number of alkyl halides is 3. The first kappa shape index (κ1) is 16.5. The van der Waals surface area contributed by atoms with Gasteiger partial charge in [-0.05, 0) is 17.8 Å². The Hall–Kier alpha value is -2.32. The Bertz CT molecular complexity index is 695. The van der Waals surface area contributed by atoms with Gasteiger partial charge in [-0.25, -0.2) is 0 Å². The Labute approximate surface area is 136 Å². The van der Waals surface area contributed by atoms with E-state index >= 15 is 0 Å². The van der Waals surface area contributed by atoms with E-state index in [9.17, 15) is 18.0 Å². The van der Waals surface area contributed by atoms with Crippen LogP contribution in [0, 0.1) is 0 Å². The van der Waals surface area contributed by atoms with Crippen LogP contribution in [0.4, 0.5) is 13.2 Å². The van der Waals surface area contributed by atoms with Crippen LogP contribution >= 0.6 is 0 Å². The van der Waals surface area contributed by atoms with E-state index in [4.69, 9.17) is 5.73 Å². The van der Waals surface area contributed by atoms with Gasteiger partial charge in [-0.2, -0.15) is 13.2 Å². The van der Waals surface area contributed by atoms with Gasteiger partial charge < -0.3 is 16.4 Å². The average Bonchev–Trinajstić information content (AvgIpc) is 2.50. The van der Waals surface area contributed by atoms with Gasteiger partial charge in [-0.15, -0.1) is 0 Å². The standard InChI is InChI=1S/C16H17F3N4O/c17-16(18,19)15(23-11-8-21-9-11)13(10-4-2-1-3-5-10)12(14(20)24)6-7-22-15/h1-7,11,21-23H,8-9H2,(H2,20,24). The lowest BCUT2D eigenvalue weighted by atomic mass is 9.84. The third-order valence-corrected chi connectivity index (χ3v) is 4.15. The molecule has 128 valence electrons. The molecule has 0 saturated carbocycles. The summed E-state index contributed by atoms with van der Waals surface area (Å²) in [5.41, 5.74) is 2.67. The molecule has 1 unspecified atom stereocenters. The summed E-state index contributed by atoms with van der Waals surface area (Å²) in [4.78, 5) is 11.8. The molecule has 1 aromatic carbocycles. The van der Waals surface area contributed by atoms with Gasteiger partial charge in [0.25, 0.3) is 0 Å². The van der Waals surface area contributed by atoms with Crippen LogP contribution in [-0.2, 0) is 4.79 Å². The molecule has 8 heteroatoms. The van der Waals surface area contributed by atoms with Gasteiger partial charge in [-0.3, -0.25) is 10.1 Å². The lowest BCUT2D eigenvalue weighted by Crippen LogP contribution is -2.73. The minimum Gasteiger partial charge on any atom is -0.366 e. The summed E-state index contributed by atoms with van der Waals surface area (Å²) >= 11 is 0. The molecular formula is C16H17F3N4O. The number of carbonyl (C=O) groups is 1. The molecule has 2 aliphatic heterocycles. The van der Waals surface area contributed by atoms with E-state index in [0.29, 0.717) is 13.1 Å². The second-order valence-electron chi connectivity index (χ2n) is 5.74. The molecule has 0 aliphatic carbocycles. The van der Waals surface area contributed by atoms with E-state index in [-0.39, 0.29) is 22.8 Å². The van der Waals surface area contributed by atoms with Crippen LogP contribution in [0.5, 0.6) is 0 Å². The average molecular weight is 338 g/mol. The number of nitrogens with two attached hydrogens (primary N) is 1. The maximum Gasteiger partial charge on any atom is 0.429 e. The first-order valence-electron chi connectivity index (χ1n) is 7.44. The first-order chi connectivity index (χ1) is 11.3. The summed E-state index contributed by atoms with van der Waals surface area (Å²) in [5.74, 6) is -0.909. The number of hydrogen-bond acceptors (Lipinski definition) is 4. The molecule has 0 aromatic heterocycles. The van der Waals surface area contributed by atoms with Crippen molar-refractivity contribution in [1.29, 1.82) is 0 Å². The Kier molecular flexibility index (Phi) is 4.10. The van der Waals surface area contributed by atoms with Gasteiger partial charge in [0.2, 0.25) is 11.6 Å². The Morgan fingerprint density at radius 1 is 1.25 bits per heavy atom. The molecule has 0 radical (unpaired) electrons. The zero-order valence-corrected chi connectivity index (χ0v) is 12.7.